The van der Waals surface area contributed by atoms with Crippen molar-refractivity contribution in [1.82, 2.24) is 15.3 Å². The van der Waals surface area contributed by atoms with Gasteiger partial charge in [0.05, 0.1) is 13.3 Å². The largest absolute Gasteiger partial charge is 0.493 e. The molecule has 0 aliphatic rings. The highest BCUT2D eigenvalue weighted by molar-refractivity contribution is 5.91. The number of methoxy groups -OCH3 is 1. The van der Waals surface area contributed by atoms with Gasteiger partial charge in [0, 0.05) is 18.9 Å². The number of nitrogens with one attached hydrogen (secondary N) is 1. The van der Waals surface area contributed by atoms with Crippen LogP contribution in [0.3, 0.4) is 0 Å². The predicted molar refractivity (Wildman–Crippen MR) is 97.0 cm³/mol. The van der Waals surface area contributed by atoms with E-state index < -0.39 is 0 Å². The minimum atomic E-state index is -0.276. The molecule has 0 atom stereocenters. The van der Waals surface area contributed by atoms with Crippen molar-refractivity contribution in [2.24, 2.45) is 0 Å². The van der Waals surface area contributed by atoms with Crippen molar-refractivity contribution in [2.45, 2.75) is 13.2 Å². The number of hydrogen-bond donors (Lipinski definition) is 1. The van der Waals surface area contributed by atoms with Crippen LogP contribution in [-0.2, 0) is 13.2 Å². The number of aromatic nitrogens is 2. The van der Waals surface area contributed by atoms with E-state index in [0.29, 0.717) is 24.7 Å². The lowest BCUT2D eigenvalue weighted by atomic mass is 10.2. The fourth-order valence-corrected chi connectivity index (χ4v) is 2.37. The van der Waals surface area contributed by atoms with Crippen LogP contribution in [0.15, 0.2) is 67.1 Å². The predicted octanol–water partition coefficient (Wildman–Crippen LogP) is 2.99. The Hall–Kier alpha value is -3.41. The maximum atomic E-state index is 12.0. The molecule has 0 unspecified atom stereocenters. The molecule has 0 bridgehead atoms. The molecule has 6 nitrogen and oxygen atoms in total. The Bertz CT molecular complexity index is 855. The van der Waals surface area contributed by atoms with Gasteiger partial charge in [-0.15, -0.1) is 0 Å². The SMILES string of the molecule is COc1cc(CNC(=O)c2cnccn2)ccc1OCc1ccccc1. The van der Waals surface area contributed by atoms with Crippen molar-refractivity contribution >= 4 is 5.91 Å². The van der Waals surface area contributed by atoms with E-state index in [1.807, 2.05) is 48.5 Å². The van der Waals surface area contributed by atoms with Crippen LogP contribution < -0.4 is 14.8 Å². The second kappa shape index (κ2) is 8.62. The number of carbonyl (C=O) groups excluding carboxylic acids is 1. The molecule has 26 heavy (non-hydrogen) atoms. The minimum absolute atomic E-state index is 0.276. The number of ether oxygens (including phenoxy) is 2. The molecule has 1 aromatic heterocycles. The summed E-state index contributed by atoms with van der Waals surface area (Å²) in [6.45, 7) is 0.810. The summed E-state index contributed by atoms with van der Waals surface area (Å²) >= 11 is 0. The maximum Gasteiger partial charge on any atom is 0.271 e. The molecule has 2 aromatic carbocycles. The third kappa shape index (κ3) is 4.57. The van der Waals surface area contributed by atoms with Gasteiger partial charge >= 0.3 is 0 Å². The summed E-state index contributed by atoms with van der Waals surface area (Å²) in [5.74, 6) is 0.994. The van der Waals surface area contributed by atoms with Crippen molar-refractivity contribution in [3.05, 3.63) is 83.9 Å². The zero-order valence-corrected chi connectivity index (χ0v) is 14.4. The van der Waals surface area contributed by atoms with Gasteiger partial charge in [0.1, 0.15) is 12.3 Å². The highest BCUT2D eigenvalue weighted by Gasteiger charge is 2.09. The van der Waals surface area contributed by atoms with Crippen molar-refractivity contribution < 1.29 is 14.3 Å². The van der Waals surface area contributed by atoms with E-state index in [2.05, 4.69) is 15.3 Å². The topological polar surface area (TPSA) is 73.3 Å². The Morgan fingerprint density at radius 2 is 1.88 bits per heavy atom. The molecule has 3 rings (SSSR count). The summed E-state index contributed by atoms with van der Waals surface area (Å²) in [5, 5.41) is 2.81. The first-order valence-corrected chi connectivity index (χ1v) is 8.14. The van der Waals surface area contributed by atoms with Gasteiger partial charge in [0.25, 0.3) is 5.91 Å². The van der Waals surface area contributed by atoms with E-state index >= 15 is 0 Å². The summed E-state index contributed by atoms with van der Waals surface area (Å²) in [7, 11) is 1.59. The lowest BCUT2D eigenvalue weighted by Crippen LogP contribution is -2.23. The molecule has 0 radical (unpaired) electrons. The Labute approximate surface area is 151 Å². The van der Waals surface area contributed by atoms with Crippen LogP contribution in [0.5, 0.6) is 11.5 Å². The normalized spacial score (nSPS) is 10.2. The van der Waals surface area contributed by atoms with E-state index in [-0.39, 0.29) is 11.6 Å². The second-order valence-electron chi connectivity index (χ2n) is 5.53. The molecule has 0 saturated heterocycles. The second-order valence-corrected chi connectivity index (χ2v) is 5.53. The number of benzene rings is 2. The van der Waals surface area contributed by atoms with Gasteiger partial charge in [0.2, 0.25) is 0 Å². The van der Waals surface area contributed by atoms with Gasteiger partial charge in [-0.2, -0.15) is 0 Å². The average Bonchev–Trinajstić information content (AvgIpc) is 2.72. The van der Waals surface area contributed by atoms with Crippen molar-refractivity contribution in [1.29, 1.82) is 0 Å². The van der Waals surface area contributed by atoms with Crippen LogP contribution >= 0.6 is 0 Å². The van der Waals surface area contributed by atoms with Crippen LogP contribution in [0.2, 0.25) is 0 Å². The van der Waals surface area contributed by atoms with Gasteiger partial charge in [-0.1, -0.05) is 36.4 Å². The lowest BCUT2D eigenvalue weighted by molar-refractivity contribution is 0.0945. The van der Waals surface area contributed by atoms with Gasteiger partial charge in [-0.25, -0.2) is 4.98 Å². The molecule has 6 heteroatoms. The zero-order chi connectivity index (χ0) is 18.2. The molecule has 3 aromatic rings. The van der Waals surface area contributed by atoms with E-state index in [9.17, 15) is 4.79 Å². The number of nitrogens with zero attached hydrogens (tertiary/aromatic N) is 2. The third-order valence-electron chi connectivity index (χ3n) is 3.71. The molecule has 1 heterocycles. The average molecular weight is 349 g/mol. The number of rotatable bonds is 7. The van der Waals surface area contributed by atoms with Crippen LogP contribution in [0, 0.1) is 0 Å². The molecular weight excluding hydrogens is 330 g/mol. The molecule has 0 spiro atoms. The highest BCUT2D eigenvalue weighted by Crippen LogP contribution is 2.28. The first kappa shape index (κ1) is 17.4. The van der Waals surface area contributed by atoms with Crippen LogP contribution in [0.4, 0.5) is 0 Å². The molecule has 0 aliphatic heterocycles. The van der Waals surface area contributed by atoms with Crippen molar-refractivity contribution in [3.8, 4) is 11.5 Å². The van der Waals surface area contributed by atoms with Crippen LogP contribution in [-0.4, -0.2) is 23.0 Å². The van der Waals surface area contributed by atoms with E-state index in [1.165, 1.54) is 18.6 Å². The van der Waals surface area contributed by atoms with Gasteiger partial charge < -0.3 is 14.8 Å². The fourth-order valence-electron chi connectivity index (χ4n) is 2.37. The van der Waals surface area contributed by atoms with Gasteiger partial charge in [-0.3, -0.25) is 9.78 Å². The summed E-state index contributed by atoms with van der Waals surface area (Å²) in [6, 6.07) is 15.5. The Kier molecular flexibility index (Phi) is 5.77. The quantitative estimate of drug-likeness (QED) is 0.710. The molecule has 132 valence electrons. The smallest absolute Gasteiger partial charge is 0.271 e. The van der Waals surface area contributed by atoms with E-state index in [0.717, 1.165) is 11.1 Å². The van der Waals surface area contributed by atoms with Gasteiger partial charge in [0.15, 0.2) is 11.5 Å². The molecule has 0 aliphatic carbocycles. The van der Waals surface area contributed by atoms with Crippen molar-refractivity contribution in [2.75, 3.05) is 7.11 Å². The minimum Gasteiger partial charge on any atom is -0.493 e. The Balaban J connectivity index is 1.62. The summed E-state index contributed by atoms with van der Waals surface area (Å²) in [5.41, 5.74) is 2.25. The Morgan fingerprint density at radius 3 is 2.62 bits per heavy atom. The van der Waals surface area contributed by atoms with Crippen LogP contribution in [0.1, 0.15) is 21.6 Å². The molecular formula is C20H19N3O3. The standard InChI is InChI=1S/C20H19N3O3/c1-25-19-11-16(12-23-20(24)17-13-21-9-10-22-17)7-8-18(19)26-14-15-5-3-2-4-6-15/h2-11,13H,12,14H2,1H3,(H,23,24). The Morgan fingerprint density at radius 1 is 1.04 bits per heavy atom. The maximum absolute atomic E-state index is 12.0. The monoisotopic (exact) mass is 349 g/mol. The van der Waals surface area contributed by atoms with E-state index in [4.69, 9.17) is 9.47 Å². The first-order valence-electron chi connectivity index (χ1n) is 8.14. The molecule has 1 amide bonds. The van der Waals surface area contributed by atoms with Crippen molar-refractivity contribution in [3.63, 3.8) is 0 Å². The summed E-state index contributed by atoms with van der Waals surface area (Å²) in [4.78, 5) is 19.9. The molecule has 0 fully saturated rings. The fraction of sp³-hybridized carbons (Fsp3) is 0.150. The highest BCUT2D eigenvalue weighted by atomic mass is 16.5. The zero-order valence-electron chi connectivity index (χ0n) is 14.4. The third-order valence-corrected chi connectivity index (χ3v) is 3.71. The molecule has 0 saturated carbocycles. The summed E-state index contributed by atoms with van der Waals surface area (Å²) < 4.78 is 11.2. The first-order chi connectivity index (χ1) is 12.8. The number of carbonyl (C=O) groups is 1. The van der Waals surface area contributed by atoms with Gasteiger partial charge in [-0.05, 0) is 23.3 Å². The molecule has 1 N–H and O–H groups in total. The number of amides is 1. The number of hydrogen-bond acceptors (Lipinski definition) is 5. The van der Waals surface area contributed by atoms with E-state index in [1.54, 1.807) is 7.11 Å². The lowest BCUT2D eigenvalue weighted by Gasteiger charge is -2.13. The summed E-state index contributed by atoms with van der Waals surface area (Å²) in [6.07, 6.45) is 4.43. The van der Waals surface area contributed by atoms with Crippen LogP contribution in [0.25, 0.3) is 0 Å².